The van der Waals surface area contributed by atoms with Crippen LogP contribution in [-0.4, -0.2) is 26.4 Å². The highest BCUT2D eigenvalue weighted by atomic mass is 79.9. The lowest BCUT2D eigenvalue weighted by molar-refractivity contribution is 0.167. The summed E-state index contributed by atoms with van der Waals surface area (Å²) in [7, 11) is 0. The molecule has 0 bridgehead atoms. The lowest BCUT2D eigenvalue weighted by Crippen LogP contribution is -2.13. The molecule has 1 atom stereocenters. The van der Waals surface area contributed by atoms with Crippen LogP contribution >= 0.6 is 15.9 Å². The lowest BCUT2D eigenvalue weighted by atomic mass is 10.1. The first kappa shape index (κ1) is 13.8. The minimum Gasteiger partial charge on any atom is -0.492 e. The van der Waals surface area contributed by atoms with Crippen molar-refractivity contribution in [2.24, 2.45) is 5.92 Å². The molecule has 4 heteroatoms. The molecule has 0 aliphatic carbocycles. The van der Waals surface area contributed by atoms with Crippen molar-refractivity contribution >= 4 is 15.9 Å². The summed E-state index contributed by atoms with van der Waals surface area (Å²) in [6.07, 6.45) is 1.11. The summed E-state index contributed by atoms with van der Waals surface area (Å²) in [5, 5.41) is 3.31. The molecule has 1 N–H and O–H groups in total. The van der Waals surface area contributed by atoms with Crippen LogP contribution in [0.25, 0.3) is 0 Å². The van der Waals surface area contributed by atoms with E-state index in [-0.39, 0.29) is 0 Å². The maximum Gasteiger partial charge on any atom is 0.133 e. The average Bonchev–Trinajstić information content (AvgIpc) is 2.88. The third-order valence-electron chi connectivity index (χ3n) is 3.07. The van der Waals surface area contributed by atoms with E-state index in [9.17, 15) is 0 Å². The van der Waals surface area contributed by atoms with Gasteiger partial charge in [-0.15, -0.1) is 0 Å². The fourth-order valence-electron chi connectivity index (χ4n) is 1.96. The summed E-state index contributed by atoms with van der Waals surface area (Å²) in [6, 6.07) is 6.25. The predicted octanol–water partition coefficient (Wildman–Crippen LogP) is 2.97. The molecule has 1 aromatic carbocycles. The van der Waals surface area contributed by atoms with Gasteiger partial charge in [-0.1, -0.05) is 13.0 Å². The van der Waals surface area contributed by atoms with Gasteiger partial charge in [0.05, 0.1) is 17.7 Å². The van der Waals surface area contributed by atoms with E-state index in [1.54, 1.807) is 0 Å². The molecule has 1 aromatic rings. The second-order valence-electron chi connectivity index (χ2n) is 4.59. The maximum absolute atomic E-state index is 5.83. The number of hydrogen-bond donors (Lipinski definition) is 1. The van der Waals surface area contributed by atoms with Crippen molar-refractivity contribution in [3.63, 3.8) is 0 Å². The molecule has 100 valence electrons. The van der Waals surface area contributed by atoms with Crippen molar-refractivity contribution in [2.45, 2.75) is 19.9 Å². The third kappa shape index (κ3) is 3.97. The predicted molar refractivity (Wildman–Crippen MR) is 75.9 cm³/mol. The standard InChI is InChI=1S/C14H20BrNO2/c1-2-16-8-11-3-4-14(13(15)7-11)18-10-12-5-6-17-9-12/h3-4,7,12,16H,2,5-6,8-10H2,1H3. The molecular formula is C14H20BrNO2. The van der Waals surface area contributed by atoms with Gasteiger partial charge < -0.3 is 14.8 Å². The van der Waals surface area contributed by atoms with Crippen LogP contribution in [0.4, 0.5) is 0 Å². The zero-order valence-corrected chi connectivity index (χ0v) is 12.3. The average molecular weight is 314 g/mol. The Bertz CT molecular complexity index is 378. The highest BCUT2D eigenvalue weighted by Gasteiger charge is 2.16. The zero-order chi connectivity index (χ0) is 12.8. The van der Waals surface area contributed by atoms with E-state index in [0.29, 0.717) is 5.92 Å². The Labute approximate surface area is 117 Å². The van der Waals surface area contributed by atoms with Gasteiger partial charge in [0.15, 0.2) is 0 Å². The molecule has 1 heterocycles. The second-order valence-corrected chi connectivity index (χ2v) is 5.44. The van der Waals surface area contributed by atoms with Crippen molar-refractivity contribution in [3.05, 3.63) is 28.2 Å². The molecule has 0 radical (unpaired) electrons. The quantitative estimate of drug-likeness (QED) is 0.876. The van der Waals surface area contributed by atoms with Crippen LogP contribution in [0.15, 0.2) is 22.7 Å². The topological polar surface area (TPSA) is 30.5 Å². The molecule has 1 unspecified atom stereocenters. The molecule has 1 fully saturated rings. The van der Waals surface area contributed by atoms with Crippen LogP contribution in [-0.2, 0) is 11.3 Å². The fraction of sp³-hybridized carbons (Fsp3) is 0.571. The van der Waals surface area contributed by atoms with Gasteiger partial charge in [-0.3, -0.25) is 0 Å². The smallest absolute Gasteiger partial charge is 0.133 e. The van der Waals surface area contributed by atoms with Gasteiger partial charge in [0, 0.05) is 19.1 Å². The molecule has 2 rings (SSSR count). The van der Waals surface area contributed by atoms with Crippen LogP contribution in [0.2, 0.25) is 0 Å². The molecule has 1 aliphatic heterocycles. The van der Waals surface area contributed by atoms with Crippen molar-refractivity contribution in [1.29, 1.82) is 0 Å². The zero-order valence-electron chi connectivity index (χ0n) is 10.7. The maximum atomic E-state index is 5.83. The second kappa shape index (κ2) is 7.12. The number of nitrogens with one attached hydrogen (secondary N) is 1. The first-order chi connectivity index (χ1) is 8.79. The number of ether oxygens (including phenoxy) is 2. The number of benzene rings is 1. The largest absolute Gasteiger partial charge is 0.492 e. The van der Waals surface area contributed by atoms with Gasteiger partial charge in [0.1, 0.15) is 5.75 Å². The Kier molecular flexibility index (Phi) is 5.47. The van der Waals surface area contributed by atoms with Crippen molar-refractivity contribution in [1.82, 2.24) is 5.32 Å². The van der Waals surface area contributed by atoms with Crippen molar-refractivity contribution < 1.29 is 9.47 Å². The summed E-state index contributed by atoms with van der Waals surface area (Å²) in [6.45, 7) is 6.43. The summed E-state index contributed by atoms with van der Waals surface area (Å²) >= 11 is 3.56. The van der Waals surface area contributed by atoms with E-state index in [0.717, 1.165) is 49.6 Å². The molecule has 0 spiro atoms. The molecule has 0 saturated carbocycles. The van der Waals surface area contributed by atoms with Gasteiger partial charge in [0.25, 0.3) is 0 Å². The molecule has 0 aromatic heterocycles. The number of rotatable bonds is 6. The van der Waals surface area contributed by atoms with Crippen LogP contribution in [0.3, 0.4) is 0 Å². The monoisotopic (exact) mass is 313 g/mol. The first-order valence-corrected chi connectivity index (χ1v) is 7.28. The van der Waals surface area contributed by atoms with E-state index in [4.69, 9.17) is 9.47 Å². The van der Waals surface area contributed by atoms with E-state index in [1.807, 2.05) is 6.07 Å². The Hall–Kier alpha value is -0.580. The Morgan fingerprint density at radius 2 is 2.39 bits per heavy atom. The molecule has 1 saturated heterocycles. The van der Waals surface area contributed by atoms with E-state index >= 15 is 0 Å². The van der Waals surface area contributed by atoms with E-state index in [2.05, 4.69) is 40.3 Å². The molecular weight excluding hydrogens is 294 g/mol. The highest BCUT2D eigenvalue weighted by Crippen LogP contribution is 2.27. The minimum atomic E-state index is 0.540. The highest BCUT2D eigenvalue weighted by molar-refractivity contribution is 9.10. The minimum absolute atomic E-state index is 0.540. The fourth-order valence-corrected chi connectivity index (χ4v) is 2.50. The molecule has 0 amide bonds. The molecule has 1 aliphatic rings. The third-order valence-corrected chi connectivity index (χ3v) is 3.69. The van der Waals surface area contributed by atoms with Gasteiger partial charge >= 0.3 is 0 Å². The van der Waals surface area contributed by atoms with Gasteiger partial charge in [-0.25, -0.2) is 0 Å². The van der Waals surface area contributed by atoms with Crippen LogP contribution in [0, 0.1) is 5.92 Å². The summed E-state index contributed by atoms with van der Waals surface area (Å²) in [4.78, 5) is 0. The Morgan fingerprint density at radius 3 is 3.06 bits per heavy atom. The van der Waals surface area contributed by atoms with Crippen LogP contribution in [0.1, 0.15) is 18.9 Å². The Balaban J connectivity index is 1.87. The van der Waals surface area contributed by atoms with Crippen LogP contribution in [0.5, 0.6) is 5.75 Å². The van der Waals surface area contributed by atoms with Crippen LogP contribution < -0.4 is 10.1 Å². The van der Waals surface area contributed by atoms with E-state index in [1.165, 1.54) is 5.56 Å². The SMILES string of the molecule is CCNCc1ccc(OCC2CCOC2)c(Br)c1. The number of hydrogen-bond acceptors (Lipinski definition) is 3. The number of halogens is 1. The summed E-state index contributed by atoms with van der Waals surface area (Å²) in [5.41, 5.74) is 1.26. The van der Waals surface area contributed by atoms with Crippen molar-refractivity contribution in [2.75, 3.05) is 26.4 Å². The van der Waals surface area contributed by atoms with Gasteiger partial charge in [-0.05, 0) is 46.6 Å². The van der Waals surface area contributed by atoms with Gasteiger partial charge in [0.2, 0.25) is 0 Å². The van der Waals surface area contributed by atoms with Crippen molar-refractivity contribution in [3.8, 4) is 5.75 Å². The molecule has 18 heavy (non-hydrogen) atoms. The summed E-state index contributed by atoms with van der Waals surface area (Å²) < 4.78 is 12.2. The molecule has 3 nitrogen and oxygen atoms in total. The normalized spacial score (nSPS) is 19.1. The van der Waals surface area contributed by atoms with Gasteiger partial charge in [-0.2, -0.15) is 0 Å². The first-order valence-electron chi connectivity index (χ1n) is 6.49. The summed E-state index contributed by atoms with van der Waals surface area (Å²) in [5.74, 6) is 1.46. The van der Waals surface area contributed by atoms with E-state index < -0.39 is 0 Å². The lowest BCUT2D eigenvalue weighted by Gasteiger charge is -2.12. The Morgan fingerprint density at radius 1 is 1.50 bits per heavy atom.